The molecule has 1 saturated heterocycles. The number of piperidine rings is 1. The molecule has 1 fully saturated rings. The first-order valence-electron chi connectivity index (χ1n) is 7.38. The molecule has 0 spiro atoms. The van der Waals surface area contributed by atoms with E-state index in [0.717, 1.165) is 25.3 Å². The maximum Gasteiger partial charge on any atom is 0.141 e. The topological polar surface area (TPSA) is 54.2 Å². The Morgan fingerprint density at radius 2 is 2.16 bits per heavy atom. The highest BCUT2D eigenvalue weighted by atomic mass is 16.3. The molecule has 5 heteroatoms. The molecule has 0 radical (unpaired) electrons. The lowest BCUT2D eigenvalue weighted by Crippen LogP contribution is -2.41. The van der Waals surface area contributed by atoms with Crippen LogP contribution in [0.4, 0.5) is 0 Å². The van der Waals surface area contributed by atoms with Crippen LogP contribution in [0.15, 0.2) is 6.33 Å². The van der Waals surface area contributed by atoms with Crippen molar-refractivity contribution in [2.75, 3.05) is 6.54 Å². The van der Waals surface area contributed by atoms with Crippen molar-refractivity contribution >= 4 is 0 Å². The minimum Gasteiger partial charge on any atom is -0.393 e. The monoisotopic (exact) mass is 266 g/mol. The van der Waals surface area contributed by atoms with E-state index >= 15 is 0 Å². The van der Waals surface area contributed by atoms with Gasteiger partial charge in [-0.2, -0.15) is 5.10 Å². The van der Waals surface area contributed by atoms with Gasteiger partial charge >= 0.3 is 0 Å². The van der Waals surface area contributed by atoms with E-state index in [0.29, 0.717) is 12.1 Å². The van der Waals surface area contributed by atoms with E-state index in [4.69, 9.17) is 0 Å². The van der Waals surface area contributed by atoms with Gasteiger partial charge in [-0.25, -0.2) is 9.67 Å². The molecule has 19 heavy (non-hydrogen) atoms. The van der Waals surface area contributed by atoms with Crippen LogP contribution >= 0.6 is 0 Å². The fraction of sp³-hybridized carbons (Fsp3) is 0.857. The second-order valence-corrected chi connectivity index (χ2v) is 5.92. The molecule has 0 saturated carbocycles. The molecule has 1 aliphatic rings. The van der Waals surface area contributed by atoms with E-state index < -0.39 is 0 Å². The average Bonchev–Trinajstić information content (AvgIpc) is 2.79. The highest BCUT2D eigenvalue weighted by Crippen LogP contribution is 2.23. The number of likely N-dealkylation sites (tertiary alicyclic amines) is 1. The number of aromatic nitrogens is 3. The lowest BCUT2D eigenvalue weighted by atomic mass is 9.97. The second kappa shape index (κ2) is 6.48. The Hall–Kier alpha value is -0.940. The first-order chi connectivity index (χ1) is 9.08. The molecule has 5 nitrogen and oxygen atoms in total. The van der Waals surface area contributed by atoms with E-state index in [1.165, 1.54) is 19.3 Å². The van der Waals surface area contributed by atoms with E-state index in [1.807, 2.05) is 11.6 Å². The molecular weight excluding hydrogens is 240 g/mol. The number of rotatable bonds is 5. The Morgan fingerprint density at radius 1 is 1.37 bits per heavy atom. The van der Waals surface area contributed by atoms with Crippen LogP contribution in [0.3, 0.4) is 0 Å². The molecule has 108 valence electrons. The predicted octanol–water partition coefficient (Wildman–Crippen LogP) is 1.98. The first-order valence-corrected chi connectivity index (χ1v) is 7.38. The lowest BCUT2D eigenvalue weighted by molar-refractivity contribution is 0.0786. The molecule has 1 aliphatic heterocycles. The largest absolute Gasteiger partial charge is 0.393 e. The second-order valence-electron chi connectivity index (χ2n) is 5.92. The number of hydrogen-bond acceptors (Lipinski definition) is 4. The third-order valence-electron chi connectivity index (χ3n) is 3.84. The van der Waals surface area contributed by atoms with Crippen molar-refractivity contribution in [2.24, 2.45) is 0 Å². The van der Waals surface area contributed by atoms with E-state index in [2.05, 4.69) is 28.8 Å². The quantitative estimate of drug-likeness (QED) is 0.885. The summed E-state index contributed by atoms with van der Waals surface area (Å²) in [5.41, 5.74) is 0. The summed E-state index contributed by atoms with van der Waals surface area (Å²) in [6, 6.07) is 0.823. The third kappa shape index (κ3) is 3.76. The van der Waals surface area contributed by atoms with Crippen LogP contribution in [0.1, 0.15) is 58.3 Å². The van der Waals surface area contributed by atoms with Gasteiger partial charge in [0.2, 0.25) is 0 Å². The van der Waals surface area contributed by atoms with E-state index in [-0.39, 0.29) is 6.10 Å². The standard InChI is InChI=1S/C14H26N4O/c1-11(2)18-14(15-10-16-18)9-17-7-5-4-6-13(17)8-12(3)19/h10-13,19H,4-9H2,1-3H3. The van der Waals surface area contributed by atoms with Crippen LogP contribution < -0.4 is 0 Å². The van der Waals surface area contributed by atoms with Gasteiger partial charge in [-0.05, 0) is 46.6 Å². The lowest BCUT2D eigenvalue weighted by Gasteiger charge is -2.36. The van der Waals surface area contributed by atoms with Gasteiger partial charge in [0.05, 0.1) is 12.6 Å². The molecular formula is C14H26N4O. The Labute approximate surface area is 115 Å². The number of hydrogen-bond donors (Lipinski definition) is 1. The average molecular weight is 266 g/mol. The first kappa shape index (κ1) is 14.5. The zero-order valence-corrected chi connectivity index (χ0v) is 12.3. The van der Waals surface area contributed by atoms with Crippen molar-refractivity contribution in [2.45, 2.75) is 71.2 Å². The van der Waals surface area contributed by atoms with Crippen LogP contribution in [0, 0.1) is 0 Å². The van der Waals surface area contributed by atoms with Crippen LogP contribution in [-0.2, 0) is 6.54 Å². The van der Waals surface area contributed by atoms with Crippen LogP contribution in [-0.4, -0.2) is 43.5 Å². The molecule has 2 rings (SSSR count). The zero-order valence-electron chi connectivity index (χ0n) is 12.3. The summed E-state index contributed by atoms with van der Waals surface area (Å²) in [5, 5.41) is 13.9. The van der Waals surface area contributed by atoms with Gasteiger partial charge in [0.15, 0.2) is 0 Å². The van der Waals surface area contributed by atoms with Crippen LogP contribution in [0.25, 0.3) is 0 Å². The summed E-state index contributed by atoms with van der Waals surface area (Å²) in [5.74, 6) is 1.03. The molecule has 0 aromatic carbocycles. The minimum atomic E-state index is -0.228. The van der Waals surface area contributed by atoms with Crippen LogP contribution in [0.2, 0.25) is 0 Å². The zero-order chi connectivity index (χ0) is 13.8. The number of nitrogens with zero attached hydrogens (tertiary/aromatic N) is 4. The van der Waals surface area contributed by atoms with Gasteiger partial charge in [0.1, 0.15) is 12.2 Å². The number of aliphatic hydroxyl groups is 1. The van der Waals surface area contributed by atoms with E-state index in [9.17, 15) is 5.11 Å². The highest BCUT2D eigenvalue weighted by Gasteiger charge is 2.25. The molecule has 0 amide bonds. The van der Waals surface area contributed by atoms with E-state index in [1.54, 1.807) is 6.33 Å². The van der Waals surface area contributed by atoms with Crippen molar-refractivity contribution in [1.29, 1.82) is 0 Å². The van der Waals surface area contributed by atoms with Crippen molar-refractivity contribution in [1.82, 2.24) is 19.7 Å². The normalized spacial score (nSPS) is 22.9. The van der Waals surface area contributed by atoms with Gasteiger partial charge < -0.3 is 5.11 Å². The molecule has 0 aliphatic carbocycles. The summed E-state index contributed by atoms with van der Waals surface area (Å²) in [4.78, 5) is 6.85. The summed E-state index contributed by atoms with van der Waals surface area (Å²) < 4.78 is 1.99. The molecule has 0 bridgehead atoms. The third-order valence-corrected chi connectivity index (χ3v) is 3.84. The van der Waals surface area contributed by atoms with Gasteiger partial charge in [-0.15, -0.1) is 0 Å². The molecule has 1 N–H and O–H groups in total. The van der Waals surface area contributed by atoms with Gasteiger partial charge in [-0.1, -0.05) is 6.42 Å². The Morgan fingerprint density at radius 3 is 2.84 bits per heavy atom. The molecule has 2 atom stereocenters. The van der Waals surface area contributed by atoms with Crippen molar-refractivity contribution in [3.8, 4) is 0 Å². The molecule has 1 aromatic heterocycles. The summed E-state index contributed by atoms with van der Waals surface area (Å²) >= 11 is 0. The minimum absolute atomic E-state index is 0.228. The molecule has 2 heterocycles. The molecule has 1 aromatic rings. The smallest absolute Gasteiger partial charge is 0.141 e. The SMILES string of the molecule is CC(O)CC1CCCCN1Cc1ncnn1C(C)C. The van der Waals surface area contributed by atoms with Gasteiger partial charge in [0.25, 0.3) is 0 Å². The fourth-order valence-electron chi connectivity index (χ4n) is 2.93. The Balaban J connectivity index is 2.04. The Kier molecular flexibility index (Phi) is 4.93. The van der Waals surface area contributed by atoms with Gasteiger partial charge in [0, 0.05) is 12.1 Å². The summed E-state index contributed by atoms with van der Waals surface area (Å²) in [6.45, 7) is 8.07. The van der Waals surface area contributed by atoms with Gasteiger partial charge in [-0.3, -0.25) is 4.90 Å². The fourth-order valence-corrected chi connectivity index (χ4v) is 2.93. The molecule has 2 unspecified atom stereocenters. The summed E-state index contributed by atoms with van der Waals surface area (Å²) in [6.07, 6.45) is 5.96. The Bertz CT molecular complexity index is 389. The maximum atomic E-state index is 9.63. The van der Waals surface area contributed by atoms with Crippen molar-refractivity contribution < 1.29 is 5.11 Å². The summed E-state index contributed by atoms with van der Waals surface area (Å²) in [7, 11) is 0. The predicted molar refractivity (Wildman–Crippen MR) is 74.8 cm³/mol. The van der Waals surface area contributed by atoms with Crippen molar-refractivity contribution in [3.05, 3.63) is 12.2 Å². The highest BCUT2D eigenvalue weighted by molar-refractivity contribution is 4.90. The maximum absolute atomic E-state index is 9.63. The van der Waals surface area contributed by atoms with Crippen LogP contribution in [0.5, 0.6) is 0 Å². The number of aliphatic hydroxyl groups excluding tert-OH is 1. The van der Waals surface area contributed by atoms with Crippen molar-refractivity contribution in [3.63, 3.8) is 0 Å².